The fourth-order valence-electron chi connectivity index (χ4n) is 3.82. The van der Waals surface area contributed by atoms with E-state index in [9.17, 15) is 0 Å². The normalized spacial score (nSPS) is 10.9. The molecule has 160 valence electrons. The van der Waals surface area contributed by atoms with Gasteiger partial charge in [0.25, 0.3) is 0 Å². The largest absolute Gasteiger partial charge is 0.497 e. The average molecular weight is 421 g/mol. The molecular weight excluding hydrogens is 392 g/mol. The zero-order valence-electron chi connectivity index (χ0n) is 18.6. The molecule has 0 bridgehead atoms. The lowest BCUT2D eigenvalue weighted by atomic mass is 9.96. The number of rotatable bonds is 8. The van der Waals surface area contributed by atoms with Crippen molar-refractivity contribution in [2.75, 3.05) is 14.2 Å². The molecular formula is C30H28O2. The Hall–Kier alpha value is -3.78. The monoisotopic (exact) mass is 420 g/mol. The van der Waals surface area contributed by atoms with Gasteiger partial charge in [0.2, 0.25) is 0 Å². The minimum Gasteiger partial charge on any atom is -0.497 e. The number of benzene rings is 4. The quantitative estimate of drug-likeness (QED) is 0.284. The second-order valence-electron chi connectivity index (χ2n) is 7.78. The summed E-state index contributed by atoms with van der Waals surface area (Å²) >= 11 is 0. The van der Waals surface area contributed by atoms with E-state index < -0.39 is 0 Å². The van der Waals surface area contributed by atoms with Crippen molar-refractivity contribution in [3.05, 3.63) is 130 Å². The first-order valence-corrected chi connectivity index (χ1v) is 10.8. The van der Waals surface area contributed by atoms with Crippen molar-refractivity contribution in [1.29, 1.82) is 0 Å². The summed E-state index contributed by atoms with van der Waals surface area (Å²) in [6, 6.07) is 33.8. The van der Waals surface area contributed by atoms with E-state index in [0.717, 1.165) is 24.3 Å². The molecule has 4 aromatic rings. The predicted molar refractivity (Wildman–Crippen MR) is 133 cm³/mol. The van der Waals surface area contributed by atoms with Gasteiger partial charge in [-0.1, -0.05) is 84.9 Å². The van der Waals surface area contributed by atoms with Crippen LogP contribution in [-0.2, 0) is 12.8 Å². The average Bonchev–Trinajstić information content (AvgIpc) is 2.85. The smallest absolute Gasteiger partial charge is 0.118 e. The molecule has 0 radical (unpaired) electrons. The number of hydrogen-bond acceptors (Lipinski definition) is 2. The minimum atomic E-state index is 0.885. The first-order valence-electron chi connectivity index (χ1n) is 10.8. The Labute approximate surface area is 190 Å². The lowest BCUT2D eigenvalue weighted by molar-refractivity contribution is 0.414. The number of hydrogen-bond donors (Lipinski definition) is 0. The van der Waals surface area contributed by atoms with E-state index in [1.165, 1.54) is 33.4 Å². The first kappa shape index (κ1) is 21.5. The van der Waals surface area contributed by atoms with Crippen molar-refractivity contribution in [3.63, 3.8) is 0 Å². The Kier molecular flexibility index (Phi) is 7.04. The minimum absolute atomic E-state index is 0.885. The number of ether oxygens (including phenoxy) is 2. The second kappa shape index (κ2) is 10.5. The van der Waals surface area contributed by atoms with Gasteiger partial charge in [-0.2, -0.15) is 0 Å². The molecule has 32 heavy (non-hydrogen) atoms. The zero-order valence-corrected chi connectivity index (χ0v) is 18.6. The van der Waals surface area contributed by atoms with Crippen LogP contribution in [0.25, 0.3) is 12.2 Å². The van der Waals surface area contributed by atoms with Crippen LogP contribution in [0.2, 0.25) is 0 Å². The Morgan fingerprint density at radius 2 is 0.875 bits per heavy atom. The molecule has 2 nitrogen and oxygen atoms in total. The van der Waals surface area contributed by atoms with E-state index >= 15 is 0 Å². The predicted octanol–water partition coefficient (Wildman–Crippen LogP) is 7.06. The summed E-state index contributed by atoms with van der Waals surface area (Å²) in [5.74, 6) is 1.77. The van der Waals surface area contributed by atoms with Crippen LogP contribution in [0, 0.1) is 0 Å². The van der Waals surface area contributed by atoms with Gasteiger partial charge in [0.05, 0.1) is 14.2 Å². The standard InChI is InChI=1S/C30H28O2/c1-31-29-17-11-23(12-18-29)21-27-9-5-3-7-25(27)15-16-26-8-4-6-10-28(26)22-24-13-19-30(32-2)20-14-24/h3-20H,21-22H2,1-2H3/b16-15+. The summed E-state index contributed by atoms with van der Waals surface area (Å²) in [5.41, 5.74) is 7.63. The van der Waals surface area contributed by atoms with Gasteiger partial charge >= 0.3 is 0 Å². The van der Waals surface area contributed by atoms with Gasteiger partial charge in [0.1, 0.15) is 11.5 Å². The van der Waals surface area contributed by atoms with E-state index in [4.69, 9.17) is 9.47 Å². The molecule has 0 atom stereocenters. The van der Waals surface area contributed by atoms with Gasteiger partial charge in [-0.3, -0.25) is 0 Å². The zero-order chi connectivity index (χ0) is 22.2. The third-order valence-electron chi connectivity index (χ3n) is 5.66. The van der Waals surface area contributed by atoms with Crippen molar-refractivity contribution in [3.8, 4) is 11.5 Å². The molecule has 0 heterocycles. The van der Waals surface area contributed by atoms with Crippen LogP contribution in [0.4, 0.5) is 0 Å². The summed E-state index contributed by atoms with van der Waals surface area (Å²) in [6.45, 7) is 0. The number of methoxy groups -OCH3 is 2. The van der Waals surface area contributed by atoms with Crippen molar-refractivity contribution < 1.29 is 9.47 Å². The van der Waals surface area contributed by atoms with Crippen molar-refractivity contribution >= 4 is 12.2 Å². The molecule has 0 spiro atoms. The topological polar surface area (TPSA) is 18.5 Å². The fourth-order valence-corrected chi connectivity index (χ4v) is 3.82. The maximum atomic E-state index is 5.28. The molecule has 0 fully saturated rings. The summed E-state index contributed by atoms with van der Waals surface area (Å²) in [4.78, 5) is 0. The SMILES string of the molecule is COc1ccc(Cc2ccccc2/C=C/c2ccccc2Cc2ccc(OC)cc2)cc1. The van der Waals surface area contributed by atoms with E-state index in [1.807, 2.05) is 24.3 Å². The second-order valence-corrected chi connectivity index (χ2v) is 7.78. The van der Waals surface area contributed by atoms with Gasteiger partial charge in [0, 0.05) is 0 Å². The highest BCUT2D eigenvalue weighted by atomic mass is 16.5. The Morgan fingerprint density at radius 1 is 0.500 bits per heavy atom. The van der Waals surface area contributed by atoms with E-state index in [-0.39, 0.29) is 0 Å². The molecule has 0 amide bonds. The third-order valence-corrected chi connectivity index (χ3v) is 5.66. The molecule has 2 heteroatoms. The van der Waals surface area contributed by atoms with Crippen LogP contribution in [0.1, 0.15) is 33.4 Å². The molecule has 0 aliphatic heterocycles. The highest BCUT2D eigenvalue weighted by Gasteiger charge is 2.04. The summed E-state index contributed by atoms with van der Waals surface area (Å²) in [6.07, 6.45) is 6.23. The maximum Gasteiger partial charge on any atom is 0.118 e. The molecule has 0 aliphatic rings. The van der Waals surface area contributed by atoms with Gasteiger partial charge in [0.15, 0.2) is 0 Å². The van der Waals surface area contributed by atoms with Crippen LogP contribution in [0.3, 0.4) is 0 Å². The van der Waals surface area contributed by atoms with Gasteiger partial charge < -0.3 is 9.47 Å². The van der Waals surface area contributed by atoms with Crippen LogP contribution in [0.5, 0.6) is 11.5 Å². The van der Waals surface area contributed by atoms with E-state index in [2.05, 4.69) is 84.9 Å². The molecule has 0 unspecified atom stereocenters. The maximum absolute atomic E-state index is 5.28. The highest BCUT2D eigenvalue weighted by Crippen LogP contribution is 2.22. The van der Waals surface area contributed by atoms with Crippen LogP contribution in [-0.4, -0.2) is 14.2 Å². The molecule has 0 N–H and O–H groups in total. The fraction of sp³-hybridized carbons (Fsp3) is 0.133. The molecule has 4 rings (SSSR count). The molecule has 0 aromatic heterocycles. The van der Waals surface area contributed by atoms with Crippen molar-refractivity contribution in [1.82, 2.24) is 0 Å². The lowest BCUT2D eigenvalue weighted by Gasteiger charge is -2.09. The van der Waals surface area contributed by atoms with E-state index in [1.54, 1.807) is 14.2 Å². The highest BCUT2D eigenvalue weighted by molar-refractivity contribution is 5.73. The summed E-state index contributed by atoms with van der Waals surface area (Å²) in [5, 5.41) is 0. The molecule has 4 aromatic carbocycles. The molecule has 0 saturated carbocycles. The summed E-state index contributed by atoms with van der Waals surface area (Å²) in [7, 11) is 3.39. The summed E-state index contributed by atoms with van der Waals surface area (Å²) < 4.78 is 10.6. The molecule has 0 saturated heterocycles. The Balaban J connectivity index is 1.54. The van der Waals surface area contributed by atoms with Crippen molar-refractivity contribution in [2.24, 2.45) is 0 Å². The van der Waals surface area contributed by atoms with Crippen molar-refractivity contribution in [2.45, 2.75) is 12.8 Å². The van der Waals surface area contributed by atoms with Crippen LogP contribution >= 0.6 is 0 Å². The lowest BCUT2D eigenvalue weighted by Crippen LogP contribution is -1.93. The Morgan fingerprint density at radius 3 is 1.25 bits per heavy atom. The van der Waals surface area contributed by atoms with Gasteiger partial charge in [-0.25, -0.2) is 0 Å². The van der Waals surface area contributed by atoms with Crippen LogP contribution in [0.15, 0.2) is 97.1 Å². The Bertz CT molecular complexity index is 1080. The van der Waals surface area contributed by atoms with E-state index in [0.29, 0.717) is 0 Å². The van der Waals surface area contributed by atoms with Gasteiger partial charge in [-0.15, -0.1) is 0 Å². The van der Waals surface area contributed by atoms with Gasteiger partial charge in [-0.05, 0) is 70.5 Å². The third kappa shape index (κ3) is 5.47. The molecule has 0 aliphatic carbocycles. The van der Waals surface area contributed by atoms with Crippen LogP contribution < -0.4 is 9.47 Å². The first-order chi connectivity index (χ1) is 15.7.